The van der Waals surface area contributed by atoms with Gasteiger partial charge in [0.15, 0.2) is 0 Å². The summed E-state index contributed by atoms with van der Waals surface area (Å²) in [4.78, 5) is 29.5. The highest BCUT2D eigenvalue weighted by molar-refractivity contribution is 5.93. The van der Waals surface area contributed by atoms with Crippen molar-refractivity contribution in [3.8, 4) is 12.3 Å². The van der Waals surface area contributed by atoms with Gasteiger partial charge < -0.3 is 14.8 Å². The van der Waals surface area contributed by atoms with Gasteiger partial charge in [-0.05, 0) is 19.0 Å². The van der Waals surface area contributed by atoms with Crippen molar-refractivity contribution in [2.45, 2.75) is 12.3 Å². The van der Waals surface area contributed by atoms with Crippen molar-refractivity contribution >= 4 is 17.6 Å². The van der Waals surface area contributed by atoms with Crippen LogP contribution in [0.4, 0.5) is 5.69 Å². The number of hydrogen-bond acceptors (Lipinski definition) is 7. The molecule has 0 radical (unpaired) electrons. The van der Waals surface area contributed by atoms with Gasteiger partial charge >= 0.3 is 17.8 Å². The zero-order valence-electron chi connectivity index (χ0n) is 12.3. The van der Waals surface area contributed by atoms with Crippen molar-refractivity contribution in [3.05, 3.63) is 36.2 Å². The molecule has 0 unspecified atom stereocenters. The number of esters is 2. The van der Waals surface area contributed by atoms with Gasteiger partial charge in [0.2, 0.25) is 0 Å². The molecule has 1 saturated heterocycles. The summed E-state index contributed by atoms with van der Waals surface area (Å²) in [7, 11) is 0. The van der Waals surface area contributed by atoms with E-state index in [-0.39, 0.29) is 6.54 Å². The lowest BCUT2D eigenvalue weighted by Gasteiger charge is -2.40. The molecular weight excluding hydrogens is 298 g/mol. The van der Waals surface area contributed by atoms with Crippen LogP contribution >= 0.6 is 0 Å². The van der Waals surface area contributed by atoms with Crippen molar-refractivity contribution in [2.75, 3.05) is 24.5 Å². The van der Waals surface area contributed by atoms with Gasteiger partial charge in [0.1, 0.15) is 0 Å². The molecule has 1 aromatic rings. The third-order valence-electron chi connectivity index (χ3n) is 3.57. The van der Waals surface area contributed by atoms with Gasteiger partial charge in [-0.1, -0.05) is 5.92 Å². The quantitative estimate of drug-likeness (QED) is 0.585. The Morgan fingerprint density at radius 3 is 2.70 bits per heavy atom. The molecule has 3 heterocycles. The Hall–Kier alpha value is -2.85. The summed E-state index contributed by atoms with van der Waals surface area (Å²) in [5.74, 6) is -0.351. The average molecular weight is 313 g/mol. The van der Waals surface area contributed by atoms with Crippen molar-refractivity contribution in [1.82, 2.24) is 10.3 Å². The number of terminal acetylenes is 1. The number of aromatic nitrogens is 1. The maximum atomic E-state index is 11.9. The molecule has 7 nitrogen and oxygen atoms in total. The predicted molar refractivity (Wildman–Crippen MR) is 81.1 cm³/mol. The van der Waals surface area contributed by atoms with Gasteiger partial charge in [0.25, 0.3) is 0 Å². The molecule has 0 bridgehead atoms. The van der Waals surface area contributed by atoms with E-state index in [4.69, 9.17) is 15.9 Å². The summed E-state index contributed by atoms with van der Waals surface area (Å²) in [5.41, 5.74) is 1.20. The maximum Gasteiger partial charge on any atom is 0.356 e. The number of rotatable bonds is 1. The van der Waals surface area contributed by atoms with E-state index in [0.29, 0.717) is 24.3 Å². The molecule has 2 aliphatic rings. The second-order valence-electron chi connectivity index (χ2n) is 5.15. The van der Waals surface area contributed by atoms with Gasteiger partial charge in [-0.15, -0.1) is 6.42 Å². The highest BCUT2D eigenvalue weighted by Gasteiger charge is 2.47. The zero-order valence-corrected chi connectivity index (χ0v) is 12.3. The average Bonchev–Trinajstić information content (AvgIpc) is 2.83. The van der Waals surface area contributed by atoms with E-state index in [2.05, 4.69) is 16.2 Å². The number of carbonyl (C=O) groups is 2. The number of nitrogens with one attached hydrogen (secondary N) is 1. The highest BCUT2D eigenvalue weighted by atomic mass is 16.8. The van der Waals surface area contributed by atoms with Gasteiger partial charge in [-0.25, -0.2) is 9.59 Å². The number of ether oxygens (including phenoxy) is 2. The molecule has 118 valence electrons. The van der Waals surface area contributed by atoms with Crippen LogP contribution in [0.5, 0.6) is 0 Å². The summed E-state index contributed by atoms with van der Waals surface area (Å²) in [6.07, 6.45) is 11.4. The van der Waals surface area contributed by atoms with Crippen LogP contribution < -0.4 is 10.2 Å². The Balaban J connectivity index is 2.05. The second-order valence-corrected chi connectivity index (χ2v) is 5.15. The molecule has 0 aliphatic carbocycles. The van der Waals surface area contributed by atoms with Crippen molar-refractivity contribution in [2.24, 2.45) is 0 Å². The minimum absolute atomic E-state index is 0.145. The van der Waals surface area contributed by atoms with Crippen LogP contribution in [0.25, 0.3) is 0 Å². The number of anilines is 1. The van der Waals surface area contributed by atoms with Crippen LogP contribution in [-0.2, 0) is 19.1 Å². The summed E-state index contributed by atoms with van der Waals surface area (Å²) < 4.78 is 10.9. The largest absolute Gasteiger partial charge is 0.399 e. The number of pyridine rings is 1. The predicted octanol–water partition coefficient (Wildman–Crippen LogP) is 0.173. The Morgan fingerprint density at radius 2 is 2.00 bits per heavy atom. The molecule has 1 N–H and O–H groups in total. The normalized spacial score (nSPS) is 20.2. The first-order chi connectivity index (χ1) is 11.1. The Bertz CT molecular complexity index is 688. The molecule has 1 aromatic heterocycles. The fourth-order valence-electron chi connectivity index (χ4n) is 2.58. The third kappa shape index (κ3) is 3.03. The zero-order chi connectivity index (χ0) is 16.3. The van der Waals surface area contributed by atoms with Crippen LogP contribution in [0.1, 0.15) is 12.0 Å². The molecule has 0 saturated carbocycles. The molecule has 0 amide bonds. The van der Waals surface area contributed by atoms with Crippen molar-refractivity contribution in [3.63, 3.8) is 0 Å². The third-order valence-corrected chi connectivity index (χ3v) is 3.57. The van der Waals surface area contributed by atoms with Crippen molar-refractivity contribution < 1.29 is 19.1 Å². The molecule has 2 aliphatic heterocycles. The van der Waals surface area contributed by atoms with E-state index in [1.165, 1.54) is 0 Å². The Morgan fingerprint density at radius 1 is 1.26 bits per heavy atom. The molecule has 1 spiro atoms. The first-order valence-corrected chi connectivity index (χ1v) is 7.17. The van der Waals surface area contributed by atoms with Crippen LogP contribution in [0.15, 0.2) is 30.6 Å². The van der Waals surface area contributed by atoms with Crippen LogP contribution in [0.2, 0.25) is 0 Å². The molecule has 1 fully saturated rings. The second kappa shape index (κ2) is 6.10. The minimum Gasteiger partial charge on any atom is -0.399 e. The molecule has 7 heteroatoms. The van der Waals surface area contributed by atoms with E-state index >= 15 is 0 Å². The number of carbonyl (C=O) groups excluding carboxylic acids is 2. The summed E-state index contributed by atoms with van der Waals surface area (Å²) in [6.45, 7) is 1.35. The van der Waals surface area contributed by atoms with E-state index in [9.17, 15) is 9.59 Å². The van der Waals surface area contributed by atoms with E-state index in [0.717, 1.165) is 18.6 Å². The summed E-state index contributed by atoms with van der Waals surface area (Å²) in [5, 5.41) is 3.12. The lowest BCUT2D eigenvalue weighted by Crippen LogP contribution is -2.58. The Kier molecular flexibility index (Phi) is 4.00. The van der Waals surface area contributed by atoms with Crippen LogP contribution in [0, 0.1) is 12.3 Å². The van der Waals surface area contributed by atoms with Crippen LogP contribution in [0.3, 0.4) is 0 Å². The molecule has 0 aromatic carbocycles. The maximum absolute atomic E-state index is 11.9. The van der Waals surface area contributed by atoms with Gasteiger partial charge in [-0.3, -0.25) is 9.88 Å². The summed E-state index contributed by atoms with van der Waals surface area (Å²) in [6, 6.07) is 1.74. The molecule has 23 heavy (non-hydrogen) atoms. The van der Waals surface area contributed by atoms with Gasteiger partial charge in [0, 0.05) is 30.5 Å². The molecule has 0 atom stereocenters. The summed E-state index contributed by atoms with van der Waals surface area (Å²) >= 11 is 0. The van der Waals surface area contributed by atoms with E-state index < -0.39 is 17.8 Å². The lowest BCUT2D eigenvalue weighted by molar-refractivity contribution is -0.217. The van der Waals surface area contributed by atoms with Gasteiger partial charge in [-0.2, -0.15) is 0 Å². The minimum atomic E-state index is -1.57. The number of nitrogens with zero attached hydrogens (tertiary/aromatic N) is 2. The first-order valence-electron chi connectivity index (χ1n) is 7.17. The fourth-order valence-corrected chi connectivity index (χ4v) is 2.58. The van der Waals surface area contributed by atoms with Crippen LogP contribution in [-0.4, -0.2) is 42.5 Å². The SMILES string of the molecule is C#Cc1cncc(N2CCCNCC23OC(=O)C=CC(=O)O3)c1. The smallest absolute Gasteiger partial charge is 0.356 e. The Labute approximate surface area is 133 Å². The van der Waals surface area contributed by atoms with Crippen molar-refractivity contribution in [1.29, 1.82) is 0 Å². The topological polar surface area (TPSA) is 80.8 Å². The van der Waals surface area contributed by atoms with Gasteiger partial charge in [0.05, 0.1) is 18.4 Å². The van der Waals surface area contributed by atoms with E-state index in [1.807, 2.05) is 0 Å². The standard InChI is InChI=1S/C16H15N3O4/c1-2-12-8-13(10-18-9-12)19-7-3-6-17-11-16(19)22-14(20)4-5-15(21)23-16/h1,4-5,8-10,17H,3,6-7,11H2. The molecule has 3 rings (SSSR count). The lowest BCUT2D eigenvalue weighted by atomic mass is 10.2. The molecular formula is C16H15N3O4. The van der Waals surface area contributed by atoms with E-state index in [1.54, 1.807) is 23.4 Å². The highest BCUT2D eigenvalue weighted by Crippen LogP contribution is 2.30. The number of hydrogen-bond donors (Lipinski definition) is 1. The monoisotopic (exact) mass is 313 g/mol. The fraction of sp³-hybridized carbons (Fsp3) is 0.312. The first kappa shape index (κ1) is 15.1.